The lowest BCUT2D eigenvalue weighted by atomic mass is 10.1. The third kappa shape index (κ3) is 7.12. The van der Waals surface area contributed by atoms with Crippen molar-refractivity contribution in [3.63, 3.8) is 0 Å². The molecule has 0 aliphatic heterocycles. The van der Waals surface area contributed by atoms with E-state index in [1.165, 1.54) is 0 Å². The van der Waals surface area contributed by atoms with Gasteiger partial charge in [0.1, 0.15) is 6.04 Å². The van der Waals surface area contributed by atoms with Gasteiger partial charge in [0.25, 0.3) is 5.91 Å². The molecule has 0 aromatic heterocycles. The Labute approximate surface area is 154 Å². The van der Waals surface area contributed by atoms with Crippen LogP contribution in [0.25, 0.3) is 0 Å². The van der Waals surface area contributed by atoms with Crippen LogP contribution in [-0.2, 0) is 24.6 Å². The van der Waals surface area contributed by atoms with Gasteiger partial charge in [0, 0.05) is 5.56 Å². The first kappa shape index (κ1) is 22.1. The molecule has 26 heavy (non-hydrogen) atoms. The quantitative estimate of drug-likeness (QED) is 0.427. The lowest BCUT2D eigenvalue weighted by molar-refractivity contribution is -0.119. The summed E-state index contributed by atoms with van der Waals surface area (Å²) < 4.78 is 23.1. The van der Waals surface area contributed by atoms with Crippen LogP contribution in [0.1, 0.15) is 42.6 Å². The van der Waals surface area contributed by atoms with Crippen LogP contribution in [0.4, 0.5) is 0 Å². The molecule has 144 valence electrons. The molecule has 1 atom stereocenters. The smallest absolute Gasteiger partial charge is 0.335 e. The number of rotatable bonds is 12. The van der Waals surface area contributed by atoms with E-state index >= 15 is 0 Å². The molecule has 0 bridgehead atoms. The summed E-state index contributed by atoms with van der Waals surface area (Å²) in [7, 11) is -3.20. The molecule has 0 saturated heterocycles. The van der Waals surface area contributed by atoms with Crippen LogP contribution in [0.2, 0.25) is 0 Å². The zero-order valence-electron chi connectivity index (χ0n) is 15.3. The molecule has 0 spiro atoms. The summed E-state index contributed by atoms with van der Waals surface area (Å²) in [5.41, 5.74) is 6.41. The predicted octanol–water partition coefficient (Wildman–Crippen LogP) is 3.00. The van der Waals surface area contributed by atoms with Gasteiger partial charge in [-0.25, -0.2) is 0 Å². The summed E-state index contributed by atoms with van der Waals surface area (Å²) >= 11 is 0. The van der Waals surface area contributed by atoms with E-state index in [1.54, 1.807) is 44.2 Å². The molecule has 0 saturated carbocycles. The molecule has 0 fully saturated rings. The van der Waals surface area contributed by atoms with Crippen molar-refractivity contribution in [2.24, 2.45) is 5.73 Å². The van der Waals surface area contributed by atoms with E-state index in [2.05, 4.69) is 11.9 Å². The number of hydrogen-bond donors (Lipinski definition) is 2. The van der Waals surface area contributed by atoms with Crippen molar-refractivity contribution in [3.8, 4) is 0 Å². The number of hydrogen-bond acceptors (Lipinski definition) is 5. The lowest BCUT2D eigenvalue weighted by Gasteiger charge is -2.17. The molecule has 0 aliphatic carbocycles. The second-order valence-electron chi connectivity index (χ2n) is 5.60. The zero-order valence-corrected chi connectivity index (χ0v) is 16.2. The molecule has 1 aromatic carbocycles. The summed E-state index contributed by atoms with van der Waals surface area (Å²) in [5, 5.41) is 2.61. The summed E-state index contributed by atoms with van der Waals surface area (Å²) in [4.78, 5) is 23.7. The minimum atomic E-state index is -3.20. The zero-order chi connectivity index (χ0) is 19.6. The summed E-state index contributed by atoms with van der Waals surface area (Å²) in [6.07, 6.45) is 2.75. The first-order valence-corrected chi connectivity index (χ1v) is 10.3. The Bertz CT molecular complexity index is 650. The highest BCUT2D eigenvalue weighted by atomic mass is 31.2. The number of nitrogens with two attached hydrogens (primary N) is 1. The highest BCUT2D eigenvalue weighted by Gasteiger charge is 2.24. The molecule has 8 heteroatoms. The average molecular weight is 382 g/mol. The van der Waals surface area contributed by atoms with E-state index in [0.29, 0.717) is 18.4 Å². The van der Waals surface area contributed by atoms with E-state index in [-0.39, 0.29) is 19.4 Å². The van der Waals surface area contributed by atoms with Gasteiger partial charge in [0.05, 0.1) is 19.4 Å². The maximum Gasteiger partial charge on any atom is 0.335 e. The highest BCUT2D eigenvalue weighted by Crippen LogP contribution is 2.51. The predicted molar refractivity (Wildman–Crippen MR) is 101 cm³/mol. The fourth-order valence-electron chi connectivity index (χ4n) is 2.32. The van der Waals surface area contributed by atoms with Gasteiger partial charge in [-0.1, -0.05) is 18.2 Å². The molecule has 0 aliphatic rings. The van der Waals surface area contributed by atoms with Crippen molar-refractivity contribution in [1.29, 1.82) is 0 Å². The van der Waals surface area contributed by atoms with Crippen molar-refractivity contribution in [3.05, 3.63) is 48.0 Å². The largest absolute Gasteiger partial charge is 0.368 e. The Morgan fingerprint density at radius 3 is 2.27 bits per heavy atom. The average Bonchev–Trinajstić information content (AvgIpc) is 2.59. The van der Waals surface area contributed by atoms with Crippen LogP contribution in [0.5, 0.6) is 0 Å². The van der Waals surface area contributed by atoms with Crippen LogP contribution < -0.4 is 11.1 Å². The Hall–Kier alpha value is -1.95. The van der Waals surface area contributed by atoms with Gasteiger partial charge in [0.15, 0.2) is 0 Å². The first-order valence-electron chi connectivity index (χ1n) is 8.53. The number of benzene rings is 1. The SMILES string of the molecule is C=CCC[C@H](NC(=O)c1ccc(CP(=O)(OCC)OCC)cc1)C(N)=O. The third-order valence-electron chi connectivity index (χ3n) is 3.55. The van der Waals surface area contributed by atoms with Gasteiger partial charge in [-0.2, -0.15) is 0 Å². The van der Waals surface area contributed by atoms with E-state index in [9.17, 15) is 14.2 Å². The van der Waals surface area contributed by atoms with Gasteiger partial charge in [-0.05, 0) is 44.4 Å². The number of amides is 2. The molecule has 1 rings (SSSR count). The molecule has 0 unspecified atom stereocenters. The fraction of sp³-hybridized carbons (Fsp3) is 0.444. The van der Waals surface area contributed by atoms with Crippen LogP contribution in [0.15, 0.2) is 36.9 Å². The van der Waals surface area contributed by atoms with E-state index in [4.69, 9.17) is 14.8 Å². The molecular weight excluding hydrogens is 355 g/mol. The Kier molecular flexibility index (Phi) is 9.27. The molecule has 2 amide bonds. The molecule has 0 heterocycles. The standard InChI is InChI=1S/C18H27N2O5P/c1-4-7-8-16(17(19)21)20-18(22)15-11-9-14(10-12-15)13-26(23,24-5-2)25-6-3/h4,9-12,16H,1,5-8,13H2,2-3H3,(H2,19,21)(H,20,22)/t16-/m0/s1. The van der Waals surface area contributed by atoms with Gasteiger partial charge < -0.3 is 20.1 Å². The maximum absolute atomic E-state index is 12.5. The highest BCUT2D eigenvalue weighted by molar-refractivity contribution is 7.53. The molecular formula is C18H27N2O5P. The van der Waals surface area contributed by atoms with Crippen LogP contribution in [0.3, 0.4) is 0 Å². The Balaban J connectivity index is 2.79. The van der Waals surface area contributed by atoms with Crippen molar-refractivity contribution in [2.45, 2.75) is 38.9 Å². The van der Waals surface area contributed by atoms with Gasteiger partial charge in [0.2, 0.25) is 5.91 Å². The van der Waals surface area contributed by atoms with Crippen molar-refractivity contribution < 1.29 is 23.2 Å². The number of nitrogens with one attached hydrogen (secondary N) is 1. The molecule has 3 N–H and O–H groups in total. The minimum absolute atomic E-state index is 0.125. The number of primary amides is 1. The summed E-state index contributed by atoms with van der Waals surface area (Å²) in [6, 6.07) is 5.80. The fourth-order valence-corrected chi connectivity index (χ4v) is 4.02. The second-order valence-corrected chi connectivity index (χ2v) is 7.65. The number of carbonyl (C=O) groups excluding carboxylic acids is 2. The van der Waals surface area contributed by atoms with Gasteiger partial charge in [-0.15, -0.1) is 6.58 Å². The lowest BCUT2D eigenvalue weighted by Crippen LogP contribution is -2.44. The third-order valence-corrected chi connectivity index (χ3v) is 5.61. The van der Waals surface area contributed by atoms with Crippen LogP contribution in [0, 0.1) is 0 Å². The van der Waals surface area contributed by atoms with Crippen LogP contribution >= 0.6 is 7.60 Å². The monoisotopic (exact) mass is 382 g/mol. The Morgan fingerprint density at radius 1 is 1.23 bits per heavy atom. The number of carbonyl (C=O) groups is 2. The van der Waals surface area contributed by atoms with Crippen molar-refractivity contribution in [2.75, 3.05) is 13.2 Å². The first-order chi connectivity index (χ1) is 12.3. The number of allylic oxidation sites excluding steroid dienone is 1. The topological polar surface area (TPSA) is 108 Å². The summed E-state index contributed by atoms with van der Waals surface area (Å²) in [6.45, 7) is 7.66. The maximum atomic E-state index is 12.5. The van der Waals surface area contributed by atoms with E-state index in [1.807, 2.05) is 0 Å². The second kappa shape index (κ2) is 10.9. The van der Waals surface area contributed by atoms with Crippen molar-refractivity contribution >= 4 is 19.4 Å². The van der Waals surface area contributed by atoms with Crippen LogP contribution in [-0.4, -0.2) is 31.1 Å². The molecule has 0 radical (unpaired) electrons. The van der Waals surface area contributed by atoms with Crippen molar-refractivity contribution in [1.82, 2.24) is 5.32 Å². The molecule has 7 nitrogen and oxygen atoms in total. The molecule has 1 aromatic rings. The minimum Gasteiger partial charge on any atom is -0.368 e. The Morgan fingerprint density at radius 2 is 1.81 bits per heavy atom. The normalized spacial score (nSPS) is 12.4. The van der Waals surface area contributed by atoms with Gasteiger partial charge >= 0.3 is 7.60 Å². The summed E-state index contributed by atoms with van der Waals surface area (Å²) in [5.74, 6) is -0.992. The van der Waals surface area contributed by atoms with E-state index in [0.717, 1.165) is 5.56 Å². The van der Waals surface area contributed by atoms with E-state index < -0.39 is 25.5 Å². The van der Waals surface area contributed by atoms with Gasteiger partial charge in [-0.3, -0.25) is 14.2 Å².